The number of aromatic amines is 1. The van der Waals surface area contributed by atoms with Crippen molar-refractivity contribution in [2.24, 2.45) is 11.8 Å². The van der Waals surface area contributed by atoms with E-state index in [0.29, 0.717) is 43.6 Å². The Kier molecular flexibility index (Phi) is 6.43. The molecule has 1 N–H and O–H groups in total. The molecular formula is C25H33N5O4. The highest BCUT2D eigenvalue weighted by Crippen LogP contribution is 2.31. The van der Waals surface area contributed by atoms with Crippen molar-refractivity contribution in [2.75, 3.05) is 39.3 Å². The van der Waals surface area contributed by atoms with Crippen molar-refractivity contribution in [3.63, 3.8) is 0 Å². The van der Waals surface area contributed by atoms with Gasteiger partial charge in [-0.25, -0.2) is 9.59 Å². The predicted molar refractivity (Wildman–Crippen MR) is 129 cm³/mol. The molecule has 0 radical (unpaired) electrons. The summed E-state index contributed by atoms with van der Waals surface area (Å²) in [5.74, 6) is 0.384. The van der Waals surface area contributed by atoms with Gasteiger partial charge in [-0.05, 0) is 56.6 Å². The van der Waals surface area contributed by atoms with Crippen LogP contribution in [-0.2, 0) is 11.3 Å². The quantitative estimate of drug-likeness (QED) is 0.745. The van der Waals surface area contributed by atoms with Crippen LogP contribution in [0.3, 0.4) is 0 Å². The van der Waals surface area contributed by atoms with Crippen LogP contribution in [0.15, 0.2) is 33.9 Å². The fraction of sp³-hybridized carbons (Fsp3) is 0.600. The van der Waals surface area contributed by atoms with E-state index in [1.807, 2.05) is 14.7 Å². The van der Waals surface area contributed by atoms with Crippen molar-refractivity contribution in [2.45, 2.75) is 45.1 Å². The third-order valence-electron chi connectivity index (χ3n) is 7.76. The van der Waals surface area contributed by atoms with Crippen LogP contribution in [0.2, 0.25) is 0 Å². The number of nitrogens with one attached hydrogen (secondary N) is 1. The summed E-state index contributed by atoms with van der Waals surface area (Å²) in [5, 5.41) is 0.522. The Morgan fingerprint density at radius 1 is 0.824 bits per heavy atom. The van der Waals surface area contributed by atoms with Gasteiger partial charge in [-0.1, -0.05) is 12.1 Å². The molecule has 2 aromatic rings. The van der Waals surface area contributed by atoms with Gasteiger partial charge in [0.05, 0.1) is 10.9 Å². The zero-order chi connectivity index (χ0) is 23.7. The number of carbonyl (C=O) groups is 2. The van der Waals surface area contributed by atoms with Gasteiger partial charge in [0.15, 0.2) is 0 Å². The summed E-state index contributed by atoms with van der Waals surface area (Å²) in [4.78, 5) is 59.5. The van der Waals surface area contributed by atoms with Gasteiger partial charge >= 0.3 is 11.7 Å². The summed E-state index contributed by atoms with van der Waals surface area (Å²) in [7, 11) is 0. The van der Waals surface area contributed by atoms with Crippen molar-refractivity contribution in [1.29, 1.82) is 0 Å². The number of urea groups is 1. The normalized spacial score (nSPS) is 23.5. The Morgan fingerprint density at radius 2 is 1.44 bits per heavy atom. The van der Waals surface area contributed by atoms with Gasteiger partial charge in [0.1, 0.15) is 0 Å². The number of likely N-dealkylation sites (tertiary alicyclic amines) is 1. The Balaban J connectivity index is 1.14. The third-order valence-corrected chi connectivity index (χ3v) is 7.76. The molecule has 2 aliphatic heterocycles. The molecule has 3 amide bonds. The van der Waals surface area contributed by atoms with Crippen LogP contribution in [-0.4, -0.2) is 75.5 Å². The minimum Gasteiger partial charge on any atom is -0.339 e. The number of para-hydroxylation sites is 1. The van der Waals surface area contributed by atoms with Gasteiger partial charge in [0.2, 0.25) is 5.91 Å². The van der Waals surface area contributed by atoms with E-state index < -0.39 is 0 Å². The zero-order valence-corrected chi connectivity index (χ0v) is 19.6. The molecule has 1 aromatic carbocycles. The molecular weight excluding hydrogens is 434 g/mol. The maximum Gasteiger partial charge on any atom is 0.328 e. The lowest BCUT2D eigenvalue weighted by molar-refractivity contribution is -0.138. The van der Waals surface area contributed by atoms with Gasteiger partial charge in [0, 0.05) is 51.7 Å². The van der Waals surface area contributed by atoms with E-state index in [0.717, 1.165) is 51.6 Å². The molecule has 9 nitrogen and oxygen atoms in total. The Bertz CT molecular complexity index is 1170. The van der Waals surface area contributed by atoms with Crippen LogP contribution >= 0.6 is 0 Å². The van der Waals surface area contributed by atoms with E-state index in [4.69, 9.17) is 0 Å². The van der Waals surface area contributed by atoms with E-state index in [1.165, 1.54) is 4.57 Å². The lowest BCUT2D eigenvalue weighted by atomic mass is 9.81. The lowest BCUT2D eigenvalue weighted by Gasteiger charge is -2.39. The first kappa shape index (κ1) is 22.7. The Hall–Kier alpha value is -3.10. The molecule has 0 unspecified atom stereocenters. The topological polar surface area (TPSA) is 98.7 Å². The number of nitrogens with zero attached hydrogens (tertiary/aromatic N) is 4. The molecule has 5 rings (SSSR count). The van der Waals surface area contributed by atoms with Crippen molar-refractivity contribution < 1.29 is 9.59 Å². The largest absolute Gasteiger partial charge is 0.339 e. The summed E-state index contributed by atoms with van der Waals surface area (Å²) in [5.41, 5.74) is -0.0626. The maximum atomic E-state index is 13.1. The maximum absolute atomic E-state index is 13.1. The van der Waals surface area contributed by atoms with Crippen LogP contribution < -0.4 is 11.2 Å². The molecule has 34 heavy (non-hydrogen) atoms. The summed E-state index contributed by atoms with van der Waals surface area (Å²) in [6.07, 6.45) is 5.35. The van der Waals surface area contributed by atoms with Crippen molar-refractivity contribution in [1.82, 2.24) is 24.3 Å². The zero-order valence-electron chi connectivity index (χ0n) is 19.6. The molecule has 1 aromatic heterocycles. The lowest BCUT2D eigenvalue weighted by Crippen LogP contribution is -2.54. The Labute approximate surface area is 198 Å². The minimum atomic E-state index is -0.372. The van der Waals surface area contributed by atoms with Gasteiger partial charge in [0.25, 0.3) is 5.56 Å². The number of hydrogen-bond donors (Lipinski definition) is 1. The number of piperazine rings is 1. The van der Waals surface area contributed by atoms with Gasteiger partial charge in [-0.3, -0.25) is 14.2 Å². The van der Waals surface area contributed by atoms with E-state index in [-0.39, 0.29) is 35.0 Å². The second kappa shape index (κ2) is 9.64. The van der Waals surface area contributed by atoms with Crippen molar-refractivity contribution >= 4 is 22.8 Å². The highest BCUT2D eigenvalue weighted by molar-refractivity contribution is 5.80. The SMILES string of the molecule is O=C(N1CCCC1)N1CCN(C(=O)[C@H]2CC[C@H](Cn3c(=O)[nH]c4ccccc4c3=O)CC2)CC1. The van der Waals surface area contributed by atoms with Crippen LogP contribution in [0.4, 0.5) is 4.79 Å². The number of hydrogen-bond acceptors (Lipinski definition) is 4. The van der Waals surface area contributed by atoms with Crippen molar-refractivity contribution in [3.05, 3.63) is 45.1 Å². The Morgan fingerprint density at radius 3 is 2.15 bits per heavy atom. The first-order chi connectivity index (χ1) is 16.5. The van der Waals surface area contributed by atoms with Crippen LogP contribution in [0.5, 0.6) is 0 Å². The molecule has 182 valence electrons. The third kappa shape index (κ3) is 4.48. The predicted octanol–water partition coefficient (Wildman–Crippen LogP) is 1.86. The first-order valence-electron chi connectivity index (χ1n) is 12.6. The van der Waals surface area contributed by atoms with Crippen LogP contribution in [0.25, 0.3) is 10.9 Å². The number of rotatable bonds is 3. The number of fused-ring (bicyclic) bond motifs is 1. The summed E-state index contributed by atoms with van der Waals surface area (Å²) in [6, 6.07) is 7.18. The van der Waals surface area contributed by atoms with Crippen molar-refractivity contribution in [3.8, 4) is 0 Å². The molecule has 3 aliphatic rings. The molecule has 0 spiro atoms. The standard InChI is InChI=1S/C25H33N5O4/c31-22(27-13-15-29(16-14-27)25(34)28-11-3-4-12-28)19-9-7-18(8-10-19)17-30-23(32)20-5-1-2-6-21(20)26-24(30)33/h1-2,5-6,18-19H,3-4,7-17H2,(H,26,33)/t18-,19-. The molecule has 3 fully saturated rings. The molecule has 1 aliphatic carbocycles. The van der Waals surface area contributed by atoms with Gasteiger partial charge < -0.3 is 19.7 Å². The van der Waals surface area contributed by atoms with Gasteiger partial charge in [-0.15, -0.1) is 0 Å². The average Bonchev–Trinajstić information content (AvgIpc) is 3.41. The summed E-state index contributed by atoms with van der Waals surface area (Å²) < 4.78 is 1.31. The summed E-state index contributed by atoms with van der Waals surface area (Å²) in [6.45, 7) is 4.47. The van der Waals surface area contributed by atoms with E-state index in [2.05, 4.69) is 4.98 Å². The molecule has 9 heteroatoms. The minimum absolute atomic E-state index is 0.0105. The highest BCUT2D eigenvalue weighted by atomic mass is 16.2. The number of carbonyl (C=O) groups excluding carboxylic acids is 2. The summed E-state index contributed by atoms with van der Waals surface area (Å²) >= 11 is 0. The molecule has 3 heterocycles. The molecule has 1 saturated carbocycles. The number of benzene rings is 1. The monoisotopic (exact) mass is 467 g/mol. The highest BCUT2D eigenvalue weighted by Gasteiger charge is 2.33. The van der Waals surface area contributed by atoms with Gasteiger partial charge in [-0.2, -0.15) is 0 Å². The molecule has 0 bridgehead atoms. The van der Waals surface area contributed by atoms with Crippen LogP contribution in [0.1, 0.15) is 38.5 Å². The average molecular weight is 468 g/mol. The van der Waals surface area contributed by atoms with E-state index in [1.54, 1.807) is 24.3 Å². The second-order valence-corrected chi connectivity index (χ2v) is 9.90. The smallest absolute Gasteiger partial charge is 0.328 e. The number of H-pyrrole nitrogens is 1. The fourth-order valence-electron chi connectivity index (χ4n) is 5.70. The first-order valence-corrected chi connectivity index (χ1v) is 12.6. The van der Waals surface area contributed by atoms with Crippen LogP contribution in [0, 0.1) is 11.8 Å². The second-order valence-electron chi connectivity index (χ2n) is 9.90. The molecule has 0 atom stereocenters. The number of amides is 3. The van der Waals surface area contributed by atoms with E-state index in [9.17, 15) is 19.2 Å². The number of aromatic nitrogens is 2. The molecule has 2 saturated heterocycles. The fourth-order valence-corrected chi connectivity index (χ4v) is 5.70. The van der Waals surface area contributed by atoms with E-state index >= 15 is 0 Å².